The van der Waals surface area contributed by atoms with E-state index in [1.165, 1.54) is 25.5 Å². The van der Waals surface area contributed by atoms with Gasteiger partial charge in [0.2, 0.25) is 0 Å². The summed E-state index contributed by atoms with van der Waals surface area (Å²) in [6.07, 6.45) is 1.21. The van der Waals surface area contributed by atoms with Crippen LogP contribution in [-0.2, 0) is 10.0 Å². The molecule has 5 nitrogen and oxygen atoms in total. The number of benzene rings is 1. The summed E-state index contributed by atoms with van der Waals surface area (Å²) in [5, 5.41) is 11.3. The Labute approximate surface area is 128 Å². The lowest BCUT2D eigenvalue weighted by Crippen LogP contribution is -1.95. The molecule has 0 radical (unpaired) electrons. The van der Waals surface area contributed by atoms with E-state index in [0.29, 0.717) is 10.0 Å². The van der Waals surface area contributed by atoms with Gasteiger partial charge in [0, 0.05) is 6.21 Å². The SMILES string of the molecule is COc1cc(C=NS(=O)(=O)c2cccs2)cc(Br)c1O. The second kappa shape index (κ2) is 5.94. The monoisotopic (exact) mass is 375 g/mol. The molecule has 0 aliphatic rings. The minimum atomic E-state index is -3.69. The minimum absolute atomic E-state index is 0.0502. The predicted octanol–water partition coefficient (Wildman–Crippen LogP) is 3.03. The third kappa shape index (κ3) is 3.20. The molecule has 20 heavy (non-hydrogen) atoms. The van der Waals surface area contributed by atoms with E-state index in [1.807, 2.05) is 0 Å². The number of halogens is 1. The summed E-state index contributed by atoms with van der Waals surface area (Å²) in [5.74, 6) is 0.181. The van der Waals surface area contributed by atoms with E-state index in [-0.39, 0.29) is 15.7 Å². The Kier molecular flexibility index (Phi) is 4.46. The summed E-state index contributed by atoms with van der Waals surface area (Å²) in [7, 11) is -2.28. The second-order valence-electron chi connectivity index (χ2n) is 3.70. The predicted molar refractivity (Wildman–Crippen MR) is 81.5 cm³/mol. The van der Waals surface area contributed by atoms with Crippen LogP contribution in [0.3, 0.4) is 0 Å². The number of methoxy groups -OCH3 is 1. The first-order valence-electron chi connectivity index (χ1n) is 5.34. The molecular weight excluding hydrogens is 366 g/mol. The fourth-order valence-corrected chi connectivity index (χ4v) is 3.72. The van der Waals surface area contributed by atoms with E-state index in [2.05, 4.69) is 20.3 Å². The summed E-state index contributed by atoms with van der Waals surface area (Å²) >= 11 is 4.26. The number of ether oxygens (including phenoxy) is 1. The molecule has 0 atom stereocenters. The van der Waals surface area contributed by atoms with Gasteiger partial charge in [0.15, 0.2) is 11.5 Å². The van der Waals surface area contributed by atoms with E-state index in [0.717, 1.165) is 11.3 Å². The highest BCUT2D eigenvalue weighted by atomic mass is 79.9. The highest BCUT2D eigenvalue weighted by Crippen LogP contribution is 2.34. The van der Waals surface area contributed by atoms with Crippen LogP contribution in [0.4, 0.5) is 0 Å². The van der Waals surface area contributed by atoms with Gasteiger partial charge in [0.1, 0.15) is 4.21 Å². The lowest BCUT2D eigenvalue weighted by molar-refractivity contribution is 0.372. The molecular formula is C12H10BrNO4S2. The molecule has 0 saturated heterocycles. The molecule has 2 rings (SSSR count). The largest absolute Gasteiger partial charge is 0.503 e. The van der Waals surface area contributed by atoms with E-state index >= 15 is 0 Å². The van der Waals surface area contributed by atoms with Crippen LogP contribution in [-0.4, -0.2) is 26.8 Å². The molecule has 0 saturated carbocycles. The lowest BCUT2D eigenvalue weighted by Gasteiger charge is -2.06. The molecule has 0 unspecified atom stereocenters. The Hall–Kier alpha value is -1.38. The smallest absolute Gasteiger partial charge is 0.291 e. The maximum absolute atomic E-state index is 11.9. The second-order valence-corrected chi connectivity index (χ2v) is 7.36. The van der Waals surface area contributed by atoms with Crippen LogP contribution in [0.1, 0.15) is 5.56 Å². The Morgan fingerprint density at radius 1 is 1.45 bits per heavy atom. The van der Waals surface area contributed by atoms with Gasteiger partial charge < -0.3 is 9.84 Å². The third-order valence-electron chi connectivity index (χ3n) is 2.36. The van der Waals surface area contributed by atoms with Gasteiger partial charge in [-0.15, -0.1) is 11.3 Å². The topological polar surface area (TPSA) is 76.0 Å². The molecule has 0 spiro atoms. The first-order chi connectivity index (χ1) is 9.44. The number of rotatable bonds is 4. The molecule has 0 fully saturated rings. The van der Waals surface area contributed by atoms with Gasteiger partial charge in [0.25, 0.3) is 10.0 Å². The molecule has 0 bridgehead atoms. The number of nitrogens with zero attached hydrogens (tertiary/aromatic N) is 1. The Morgan fingerprint density at radius 2 is 2.20 bits per heavy atom. The average molecular weight is 376 g/mol. The first-order valence-corrected chi connectivity index (χ1v) is 8.45. The molecule has 1 N–H and O–H groups in total. The number of phenolic OH excluding ortho intramolecular Hbond substituents is 1. The normalized spacial score (nSPS) is 11.9. The minimum Gasteiger partial charge on any atom is -0.503 e. The zero-order valence-corrected chi connectivity index (χ0v) is 13.5. The highest BCUT2D eigenvalue weighted by molar-refractivity contribution is 9.10. The zero-order chi connectivity index (χ0) is 14.8. The van der Waals surface area contributed by atoms with Gasteiger partial charge in [-0.2, -0.15) is 12.8 Å². The summed E-state index contributed by atoms with van der Waals surface area (Å²) < 4.78 is 33.0. The van der Waals surface area contributed by atoms with Crippen molar-refractivity contribution in [3.05, 3.63) is 39.7 Å². The van der Waals surface area contributed by atoms with Gasteiger partial charge in [0.05, 0.1) is 11.6 Å². The van der Waals surface area contributed by atoms with Gasteiger partial charge in [-0.05, 0) is 45.1 Å². The summed E-state index contributed by atoms with van der Waals surface area (Å²) in [6, 6.07) is 6.18. The molecule has 8 heteroatoms. The number of sulfonamides is 1. The summed E-state index contributed by atoms with van der Waals surface area (Å²) in [6.45, 7) is 0. The fraction of sp³-hybridized carbons (Fsp3) is 0.0833. The van der Waals surface area contributed by atoms with Crippen molar-refractivity contribution in [1.82, 2.24) is 0 Å². The molecule has 0 aliphatic carbocycles. The molecule has 1 aromatic carbocycles. The van der Waals surface area contributed by atoms with E-state index in [9.17, 15) is 13.5 Å². The number of aromatic hydroxyl groups is 1. The maximum Gasteiger partial charge on any atom is 0.291 e. The molecule has 2 aromatic rings. The van der Waals surface area contributed by atoms with Crippen molar-refractivity contribution in [3.8, 4) is 11.5 Å². The van der Waals surface area contributed by atoms with Crippen LogP contribution in [0.5, 0.6) is 11.5 Å². The van der Waals surface area contributed by atoms with Crippen LogP contribution < -0.4 is 4.74 Å². The van der Waals surface area contributed by atoms with Gasteiger partial charge >= 0.3 is 0 Å². The number of hydrogen-bond donors (Lipinski definition) is 1. The number of phenols is 1. The summed E-state index contributed by atoms with van der Waals surface area (Å²) in [4.78, 5) is 0. The maximum atomic E-state index is 11.9. The van der Waals surface area contributed by atoms with Crippen molar-refractivity contribution in [1.29, 1.82) is 0 Å². The van der Waals surface area contributed by atoms with Gasteiger partial charge in [-0.3, -0.25) is 0 Å². The van der Waals surface area contributed by atoms with Crippen LogP contribution >= 0.6 is 27.3 Å². The van der Waals surface area contributed by atoms with Crippen molar-refractivity contribution in [2.75, 3.05) is 7.11 Å². The molecule has 1 heterocycles. The Bertz CT molecular complexity index is 739. The van der Waals surface area contributed by atoms with Gasteiger partial charge in [-0.1, -0.05) is 6.07 Å². The van der Waals surface area contributed by atoms with Crippen molar-refractivity contribution >= 4 is 43.5 Å². The average Bonchev–Trinajstić information content (AvgIpc) is 2.95. The molecule has 0 amide bonds. The Morgan fingerprint density at radius 3 is 2.80 bits per heavy atom. The standard InChI is InChI=1S/C12H10BrNO4S2/c1-18-10-6-8(5-9(13)12(10)15)7-14-20(16,17)11-3-2-4-19-11/h2-7,15H,1H3. The van der Waals surface area contributed by atoms with Crippen LogP contribution in [0.25, 0.3) is 0 Å². The van der Waals surface area contributed by atoms with Crippen molar-refractivity contribution in [3.63, 3.8) is 0 Å². The van der Waals surface area contributed by atoms with E-state index in [1.54, 1.807) is 17.5 Å². The molecule has 0 aliphatic heterocycles. The molecule has 106 valence electrons. The zero-order valence-electron chi connectivity index (χ0n) is 10.3. The fourth-order valence-electron chi connectivity index (χ4n) is 1.42. The van der Waals surface area contributed by atoms with E-state index < -0.39 is 10.0 Å². The Balaban J connectivity index is 2.35. The van der Waals surface area contributed by atoms with Crippen molar-refractivity contribution in [2.45, 2.75) is 4.21 Å². The quantitative estimate of drug-likeness (QED) is 0.833. The number of thiophene rings is 1. The lowest BCUT2D eigenvalue weighted by atomic mass is 10.2. The van der Waals surface area contributed by atoms with Crippen LogP contribution in [0.2, 0.25) is 0 Å². The van der Waals surface area contributed by atoms with E-state index in [4.69, 9.17) is 4.74 Å². The highest BCUT2D eigenvalue weighted by Gasteiger charge is 2.13. The third-order valence-corrected chi connectivity index (χ3v) is 5.57. The van der Waals surface area contributed by atoms with Crippen molar-refractivity contribution < 1.29 is 18.3 Å². The van der Waals surface area contributed by atoms with Crippen LogP contribution in [0.15, 0.2) is 42.7 Å². The van der Waals surface area contributed by atoms with Crippen molar-refractivity contribution in [2.24, 2.45) is 4.40 Å². The first kappa shape index (κ1) is 15.0. The van der Waals surface area contributed by atoms with Gasteiger partial charge in [-0.25, -0.2) is 0 Å². The van der Waals surface area contributed by atoms with Crippen LogP contribution in [0, 0.1) is 0 Å². The molecule has 1 aromatic heterocycles. The summed E-state index contributed by atoms with van der Waals surface area (Å²) in [5.41, 5.74) is 0.492. The number of hydrogen-bond acceptors (Lipinski definition) is 5.